The van der Waals surface area contributed by atoms with Crippen LogP contribution in [0.5, 0.6) is 0 Å². The molecule has 0 aliphatic heterocycles. The zero-order valence-electron chi connectivity index (χ0n) is 9.02. The predicted molar refractivity (Wildman–Crippen MR) is 65.6 cm³/mol. The number of benzene rings is 2. The van der Waals surface area contributed by atoms with Crippen molar-refractivity contribution in [2.45, 2.75) is 6.42 Å². The number of carbonyl (C=O) groups is 1. The molecule has 0 aliphatic rings. The Hall–Kier alpha value is -1.80. The Balaban J connectivity index is 2.40. The normalized spacial score (nSPS) is 10.2. The van der Waals surface area contributed by atoms with E-state index in [1.807, 2.05) is 42.5 Å². The summed E-state index contributed by atoms with van der Waals surface area (Å²) in [6, 6.07) is 14.8. The van der Waals surface area contributed by atoms with Crippen molar-refractivity contribution >= 4 is 17.6 Å². The van der Waals surface area contributed by atoms with E-state index < -0.39 is 5.97 Å². The lowest BCUT2D eigenvalue weighted by Gasteiger charge is -2.07. The van der Waals surface area contributed by atoms with Gasteiger partial charge in [0.1, 0.15) is 0 Å². The van der Waals surface area contributed by atoms with E-state index in [1.165, 1.54) is 0 Å². The molecule has 0 saturated heterocycles. The highest BCUT2D eigenvalue weighted by Crippen LogP contribution is 2.27. The highest BCUT2D eigenvalue weighted by atomic mass is 35.5. The fourth-order valence-electron chi connectivity index (χ4n) is 1.71. The van der Waals surface area contributed by atoms with Crippen molar-refractivity contribution in [1.82, 2.24) is 0 Å². The zero-order valence-corrected chi connectivity index (χ0v) is 9.78. The molecule has 0 fully saturated rings. The minimum absolute atomic E-state index is 0.0850. The Morgan fingerprint density at radius 2 is 1.88 bits per heavy atom. The summed E-state index contributed by atoms with van der Waals surface area (Å²) in [5.41, 5.74) is 2.52. The maximum atomic E-state index is 10.5. The summed E-state index contributed by atoms with van der Waals surface area (Å²) in [5.74, 6) is -1.08. The van der Waals surface area contributed by atoms with Crippen LogP contribution in [0.1, 0.15) is 5.56 Å². The molecule has 86 valence electrons. The highest BCUT2D eigenvalue weighted by Gasteiger charge is 2.03. The van der Waals surface area contributed by atoms with Gasteiger partial charge in [-0.1, -0.05) is 54.1 Å². The molecule has 3 heteroatoms. The number of halogens is 1. The summed E-state index contributed by atoms with van der Waals surface area (Å²) in [6.45, 7) is 0. The molecule has 0 aromatic heterocycles. The van der Waals surface area contributed by atoms with E-state index in [0.29, 0.717) is 10.6 Å². The third-order valence-electron chi connectivity index (χ3n) is 2.46. The average Bonchev–Trinajstić information content (AvgIpc) is 2.29. The molecule has 0 unspecified atom stereocenters. The molecule has 0 saturated carbocycles. The topological polar surface area (TPSA) is 40.1 Å². The van der Waals surface area contributed by atoms with Gasteiger partial charge >= 0.3 is 0 Å². The largest absolute Gasteiger partial charge is 0.550 e. The Kier molecular flexibility index (Phi) is 3.45. The van der Waals surface area contributed by atoms with Gasteiger partial charge in [0.05, 0.1) is 0 Å². The molecule has 0 amide bonds. The maximum absolute atomic E-state index is 10.5. The molecule has 2 aromatic rings. The molecule has 0 radical (unpaired) electrons. The van der Waals surface area contributed by atoms with E-state index in [1.54, 1.807) is 6.07 Å². The number of rotatable bonds is 3. The number of hydrogen-bond donors (Lipinski definition) is 0. The number of aliphatic carboxylic acids is 1. The van der Waals surface area contributed by atoms with Crippen molar-refractivity contribution < 1.29 is 9.90 Å². The van der Waals surface area contributed by atoms with Crippen LogP contribution in [-0.4, -0.2) is 5.97 Å². The van der Waals surface area contributed by atoms with E-state index in [2.05, 4.69) is 0 Å². The van der Waals surface area contributed by atoms with Gasteiger partial charge in [0.15, 0.2) is 0 Å². The molecular weight excluding hydrogens is 236 g/mol. The van der Waals surface area contributed by atoms with Crippen LogP contribution < -0.4 is 5.11 Å². The van der Waals surface area contributed by atoms with Crippen LogP contribution in [0.3, 0.4) is 0 Å². The van der Waals surface area contributed by atoms with E-state index in [0.717, 1.165) is 11.1 Å². The second kappa shape index (κ2) is 5.02. The summed E-state index contributed by atoms with van der Waals surface area (Å²) in [6.07, 6.45) is -0.0850. The van der Waals surface area contributed by atoms with Crippen LogP contribution >= 0.6 is 11.6 Å². The van der Waals surface area contributed by atoms with E-state index >= 15 is 0 Å². The summed E-state index contributed by atoms with van der Waals surface area (Å²) in [7, 11) is 0. The first kappa shape index (κ1) is 11.7. The van der Waals surface area contributed by atoms with Crippen molar-refractivity contribution in [3.63, 3.8) is 0 Å². The van der Waals surface area contributed by atoms with E-state index in [9.17, 15) is 9.90 Å². The van der Waals surface area contributed by atoms with Gasteiger partial charge in [-0.25, -0.2) is 0 Å². The number of carboxylic acids is 1. The lowest BCUT2D eigenvalue weighted by atomic mass is 10.0. The van der Waals surface area contributed by atoms with Crippen molar-refractivity contribution in [2.75, 3.05) is 0 Å². The third-order valence-corrected chi connectivity index (χ3v) is 2.79. The molecule has 0 heterocycles. The first-order valence-electron chi connectivity index (χ1n) is 5.20. The first-order chi connectivity index (χ1) is 8.16. The number of carboxylic acid groups (broad SMARTS) is 1. The molecular formula is C14H10ClO2-. The second-order valence-corrected chi connectivity index (χ2v) is 4.14. The molecule has 2 nitrogen and oxygen atoms in total. The van der Waals surface area contributed by atoms with Gasteiger partial charge in [-0.3, -0.25) is 0 Å². The minimum atomic E-state index is -1.08. The van der Waals surface area contributed by atoms with E-state index in [-0.39, 0.29) is 6.42 Å². The third kappa shape index (κ3) is 2.86. The predicted octanol–water partition coefficient (Wildman–Crippen LogP) is 2.30. The molecule has 0 bridgehead atoms. The standard InChI is InChI=1S/C14H11ClO2/c15-13-7-2-1-6-12(13)11-5-3-4-10(8-11)9-14(16)17/h1-8H,9H2,(H,16,17)/p-1. The second-order valence-electron chi connectivity index (χ2n) is 3.73. The minimum Gasteiger partial charge on any atom is -0.550 e. The van der Waals surface area contributed by atoms with Gasteiger partial charge in [0.25, 0.3) is 0 Å². The van der Waals surface area contributed by atoms with Gasteiger partial charge in [-0.05, 0) is 17.2 Å². The van der Waals surface area contributed by atoms with Crippen molar-refractivity contribution in [2.24, 2.45) is 0 Å². The Bertz CT molecular complexity index is 549. The van der Waals surface area contributed by atoms with Crippen LogP contribution in [0.15, 0.2) is 48.5 Å². The Labute approximate surface area is 104 Å². The number of hydrogen-bond acceptors (Lipinski definition) is 2. The van der Waals surface area contributed by atoms with Crippen LogP contribution in [0, 0.1) is 0 Å². The maximum Gasteiger partial charge on any atom is 0.0484 e. The Morgan fingerprint density at radius 3 is 2.59 bits per heavy atom. The molecule has 2 aromatic carbocycles. The molecule has 0 aliphatic carbocycles. The fraction of sp³-hybridized carbons (Fsp3) is 0.0714. The molecule has 0 atom stereocenters. The van der Waals surface area contributed by atoms with Gasteiger partial charge in [0.2, 0.25) is 0 Å². The molecule has 0 spiro atoms. The molecule has 17 heavy (non-hydrogen) atoms. The molecule has 0 N–H and O–H groups in total. The molecule has 2 rings (SSSR count). The monoisotopic (exact) mass is 245 g/mol. The summed E-state index contributed by atoms with van der Waals surface area (Å²) in [5, 5.41) is 11.2. The lowest BCUT2D eigenvalue weighted by Crippen LogP contribution is -2.24. The zero-order chi connectivity index (χ0) is 12.3. The first-order valence-corrected chi connectivity index (χ1v) is 5.58. The van der Waals surface area contributed by atoms with Gasteiger partial charge in [0, 0.05) is 23.0 Å². The highest BCUT2D eigenvalue weighted by molar-refractivity contribution is 6.33. The average molecular weight is 246 g/mol. The van der Waals surface area contributed by atoms with Crippen LogP contribution in [0.25, 0.3) is 11.1 Å². The summed E-state index contributed by atoms with van der Waals surface area (Å²) >= 11 is 6.09. The van der Waals surface area contributed by atoms with E-state index in [4.69, 9.17) is 11.6 Å². The van der Waals surface area contributed by atoms with Gasteiger partial charge in [-0.2, -0.15) is 0 Å². The smallest absolute Gasteiger partial charge is 0.0484 e. The SMILES string of the molecule is O=C([O-])Cc1cccc(-c2ccccc2Cl)c1. The summed E-state index contributed by atoms with van der Waals surface area (Å²) < 4.78 is 0. The quantitative estimate of drug-likeness (QED) is 0.833. The lowest BCUT2D eigenvalue weighted by molar-refractivity contribution is -0.304. The fourth-order valence-corrected chi connectivity index (χ4v) is 1.96. The summed E-state index contributed by atoms with van der Waals surface area (Å²) in [4.78, 5) is 10.5. The van der Waals surface area contributed by atoms with Gasteiger partial charge < -0.3 is 9.90 Å². The van der Waals surface area contributed by atoms with Crippen LogP contribution in [0.4, 0.5) is 0 Å². The Morgan fingerprint density at radius 1 is 1.12 bits per heavy atom. The van der Waals surface area contributed by atoms with Crippen LogP contribution in [-0.2, 0) is 11.2 Å². The van der Waals surface area contributed by atoms with Crippen molar-refractivity contribution in [3.05, 3.63) is 59.1 Å². The van der Waals surface area contributed by atoms with Crippen molar-refractivity contribution in [3.8, 4) is 11.1 Å². The van der Waals surface area contributed by atoms with Gasteiger partial charge in [-0.15, -0.1) is 0 Å². The van der Waals surface area contributed by atoms with Crippen LogP contribution in [0.2, 0.25) is 5.02 Å². The van der Waals surface area contributed by atoms with Crippen molar-refractivity contribution in [1.29, 1.82) is 0 Å². The number of carbonyl (C=O) groups excluding carboxylic acids is 1.